The zero-order valence-corrected chi connectivity index (χ0v) is 17.1. The number of halogens is 2. The summed E-state index contributed by atoms with van der Waals surface area (Å²) in [7, 11) is -3.77. The summed E-state index contributed by atoms with van der Waals surface area (Å²) in [5, 5.41) is 0.168. The Kier molecular flexibility index (Phi) is 6.56. The van der Waals surface area contributed by atoms with Crippen LogP contribution in [0.4, 0.5) is 10.1 Å². The minimum absolute atomic E-state index is 0.0203. The summed E-state index contributed by atoms with van der Waals surface area (Å²) >= 11 is 5.58. The number of carbonyl (C=O) groups excluding carboxylic acids is 1. The minimum Gasteiger partial charge on any atom is -0.456 e. The van der Waals surface area contributed by atoms with Crippen molar-refractivity contribution in [3.63, 3.8) is 0 Å². The fourth-order valence-corrected chi connectivity index (χ4v) is 4.52. The highest BCUT2D eigenvalue weighted by Gasteiger charge is 2.29. The summed E-state index contributed by atoms with van der Waals surface area (Å²) in [5.74, 6) is -0.992. The topological polar surface area (TPSA) is 66.9 Å². The molecule has 9 heteroatoms. The van der Waals surface area contributed by atoms with Gasteiger partial charge in [0.1, 0.15) is 12.4 Å². The summed E-state index contributed by atoms with van der Waals surface area (Å²) in [6.45, 7) is 4.79. The number of sulfonamides is 1. The predicted octanol–water partition coefficient (Wildman–Crippen LogP) is 3.25. The van der Waals surface area contributed by atoms with E-state index in [0.717, 1.165) is 5.69 Å². The van der Waals surface area contributed by atoms with Gasteiger partial charge in [0.2, 0.25) is 10.0 Å². The van der Waals surface area contributed by atoms with Crippen LogP contribution in [-0.4, -0.2) is 51.5 Å². The molecule has 0 atom stereocenters. The maximum atomic E-state index is 13.1. The number of ether oxygens (including phenoxy) is 1. The van der Waals surface area contributed by atoms with Gasteiger partial charge in [-0.25, -0.2) is 17.6 Å². The molecule has 0 N–H and O–H groups in total. The first-order valence-corrected chi connectivity index (χ1v) is 10.7. The molecule has 2 aromatic rings. The highest BCUT2D eigenvalue weighted by atomic mass is 35.5. The average molecular weight is 439 g/mol. The van der Waals surface area contributed by atoms with E-state index in [2.05, 4.69) is 6.58 Å². The van der Waals surface area contributed by atoms with Crippen LogP contribution in [0, 0.1) is 5.82 Å². The van der Waals surface area contributed by atoms with Crippen LogP contribution in [0.1, 0.15) is 10.4 Å². The third-order valence-electron chi connectivity index (χ3n) is 4.50. The molecule has 3 rings (SSSR count). The lowest BCUT2D eigenvalue weighted by Gasteiger charge is -2.35. The number of hydrogen-bond acceptors (Lipinski definition) is 5. The van der Waals surface area contributed by atoms with Crippen molar-refractivity contribution in [2.45, 2.75) is 4.90 Å². The lowest BCUT2D eigenvalue weighted by Crippen LogP contribution is -2.48. The Bertz CT molecular complexity index is 1000. The van der Waals surface area contributed by atoms with E-state index < -0.39 is 16.0 Å². The van der Waals surface area contributed by atoms with Crippen molar-refractivity contribution in [3.8, 4) is 0 Å². The number of benzene rings is 2. The average Bonchev–Trinajstić information content (AvgIpc) is 2.72. The molecular weight excluding hydrogens is 419 g/mol. The quantitative estimate of drug-likeness (QED) is 0.648. The Morgan fingerprint density at radius 2 is 1.76 bits per heavy atom. The van der Waals surface area contributed by atoms with Gasteiger partial charge in [0, 0.05) is 36.9 Å². The molecular formula is C20H20ClFN2O4S. The Balaban J connectivity index is 1.70. The molecule has 29 heavy (non-hydrogen) atoms. The predicted molar refractivity (Wildman–Crippen MR) is 109 cm³/mol. The van der Waals surface area contributed by atoms with Gasteiger partial charge in [-0.15, -0.1) is 0 Å². The van der Waals surface area contributed by atoms with E-state index in [1.807, 2.05) is 4.90 Å². The number of esters is 1. The van der Waals surface area contributed by atoms with E-state index in [-0.39, 0.29) is 41.0 Å². The monoisotopic (exact) mass is 438 g/mol. The number of hydrogen-bond donors (Lipinski definition) is 0. The third-order valence-corrected chi connectivity index (χ3v) is 6.50. The zero-order chi connectivity index (χ0) is 21.0. The van der Waals surface area contributed by atoms with E-state index in [0.29, 0.717) is 13.1 Å². The lowest BCUT2D eigenvalue weighted by molar-refractivity contribution is 0.0546. The van der Waals surface area contributed by atoms with Crippen LogP contribution >= 0.6 is 11.6 Å². The van der Waals surface area contributed by atoms with Crippen molar-refractivity contribution in [2.24, 2.45) is 0 Å². The van der Waals surface area contributed by atoms with Crippen LogP contribution in [0.3, 0.4) is 0 Å². The van der Waals surface area contributed by atoms with Crippen LogP contribution in [0.15, 0.2) is 65.0 Å². The second-order valence-electron chi connectivity index (χ2n) is 6.49. The molecule has 0 aliphatic carbocycles. The van der Waals surface area contributed by atoms with Gasteiger partial charge < -0.3 is 9.64 Å². The Morgan fingerprint density at radius 1 is 1.10 bits per heavy atom. The highest BCUT2D eigenvalue weighted by Crippen LogP contribution is 2.22. The van der Waals surface area contributed by atoms with Crippen molar-refractivity contribution >= 4 is 33.3 Å². The smallest absolute Gasteiger partial charge is 0.338 e. The van der Waals surface area contributed by atoms with Gasteiger partial charge in [0.25, 0.3) is 0 Å². The van der Waals surface area contributed by atoms with Gasteiger partial charge in [-0.05, 0) is 42.5 Å². The molecule has 0 bridgehead atoms. The molecule has 0 unspecified atom stereocenters. The molecule has 1 fully saturated rings. The maximum Gasteiger partial charge on any atom is 0.338 e. The summed E-state index contributed by atoms with van der Waals surface area (Å²) in [6, 6.07) is 11.8. The van der Waals surface area contributed by atoms with E-state index in [4.69, 9.17) is 16.3 Å². The van der Waals surface area contributed by atoms with Crippen LogP contribution in [0.2, 0.25) is 0 Å². The van der Waals surface area contributed by atoms with E-state index in [1.165, 1.54) is 40.7 Å². The first-order valence-electron chi connectivity index (χ1n) is 8.88. The number of nitrogens with zero attached hydrogens (tertiary/aromatic N) is 2. The molecule has 6 nitrogen and oxygen atoms in total. The van der Waals surface area contributed by atoms with Crippen LogP contribution < -0.4 is 4.90 Å². The summed E-state index contributed by atoms with van der Waals surface area (Å²) < 4.78 is 45.4. The zero-order valence-electron chi connectivity index (χ0n) is 15.6. The third kappa shape index (κ3) is 5.14. The fourth-order valence-electron chi connectivity index (χ4n) is 3.00. The van der Waals surface area contributed by atoms with Gasteiger partial charge in [0.05, 0.1) is 10.5 Å². The van der Waals surface area contributed by atoms with E-state index in [9.17, 15) is 17.6 Å². The first-order chi connectivity index (χ1) is 13.8. The minimum atomic E-state index is -3.77. The van der Waals surface area contributed by atoms with E-state index in [1.54, 1.807) is 12.1 Å². The second-order valence-corrected chi connectivity index (χ2v) is 8.96. The SMILES string of the molecule is C=C(Cl)COC(=O)c1cccc(S(=O)(=O)N2CCN(c3ccc(F)cc3)CC2)c1. The van der Waals surface area contributed by atoms with Crippen molar-refractivity contribution in [3.05, 3.63) is 71.5 Å². The molecule has 0 amide bonds. The number of anilines is 1. The van der Waals surface area contributed by atoms with Gasteiger partial charge in [0.15, 0.2) is 0 Å². The molecule has 1 aliphatic rings. The molecule has 1 heterocycles. The second kappa shape index (κ2) is 8.94. The summed E-state index contributed by atoms with van der Waals surface area (Å²) in [6.07, 6.45) is 0. The van der Waals surface area contributed by atoms with Crippen LogP contribution in [0.25, 0.3) is 0 Å². The molecule has 0 aromatic heterocycles. The Labute approximate surface area is 174 Å². The van der Waals surface area contributed by atoms with E-state index >= 15 is 0 Å². The lowest BCUT2D eigenvalue weighted by atomic mass is 10.2. The van der Waals surface area contributed by atoms with Crippen LogP contribution in [0.5, 0.6) is 0 Å². The molecule has 0 spiro atoms. The first kappa shape index (κ1) is 21.3. The molecule has 0 saturated carbocycles. The van der Waals surface area contributed by atoms with Gasteiger partial charge in [-0.1, -0.05) is 24.2 Å². The van der Waals surface area contributed by atoms with Crippen LogP contribution in [-0.2, 0) is 14.8 Å². The van der Waals surface area contributed by atoms with Gasteiger partial charge in [-0.2, -0.15) is 4.31 Å². The van der Waals surface area contributed by atoms with Gasteiger partial charge >= 0.3 is 5.97 Å². The number of carbonyl (C=O) groups is 1. The van der Waals surface area contributed by atoms with Crippen molar-refractivity contribution in [1.82, 2.24) is 4.31 Å². The number of piperazine rings is 1. The normalized spacial score (nSPS) is 15.2. The van der Waals surface area contributed by atoms with Gasteiger partial charge in [-0.3, -0.25) is 0 Å². The standard InChI is InChI=1S/C20H20ClFN2O4S/c1-15(21)14-28-20(25)16-3-2-4-19(13-16)29(26,27)24-11-9-23(10-12-24)18-7-5-17(22)6-8-18/h2-8,13H,1,9-12,14H2. The molecule has 2 aromatic carbocycles. The van der Waals surface area contributed by atoms with Crippen molar-refractivity contribution in [2.75, 3.05) is 37.7 Å². The molecule has 1 saturated heterocycles. The Hall–Kier alpha value is -2.42. The largest absolute Gasteiger partial charge is 0.456 e. The summed E-state index contributed by atoms with van der Waals surface area (Å²) in [5.41, 5.74) is 0.961. The maximum absolute atomic E-state index is 13.1. The Morgan fingerprint density at radius 3 is 2.38 bits per heavy atom. The summed E-state index contributed by atoms with van der Waals surface area (Å²) in [4.78, 5) is 14.1. The highest BCUT2D eigenvalue weighted by molar-refractivity contribution is 7.89. The van der Waals surface area contributed by atoms with Crippen molar-refractivity contribution < 1.29 is 22.3 Å². The number of rotatable bonds is 6. The molecule has 0 radical (unpaired) electrons. The fraction of sp³-hybridized carbons (Fsp3) is 0.250. The molecule has 154 valence electrons. The van der Waals surface area contributed by atoms with Crippen molar-refractivity contribution in [1.29, 1.82) is 0 Å². The molecule has 1 aliphatic heterocycles.